The first-order valence-electron chi connectivity index (χ1n) is 11.7. The largest absolute Gasteiger partial charge is 0.416 e. The van der Waals surface area contributed by atoms with E-state index in [1.54, 1.807) is 11.3 Å². The van der Waals surface area contributed by atoms with E-state index in [1.165, 1.54) is 20.2 Å². The minimum atomic E-state index is -0.142. The highest BCUT2D eigenvalue weighted by atomic mass is 32.1. The molecule has 2 atom stereocenters. The summed E-state index contributed by atoms with van der Waals surface area (Å²) in [7, 11) is 3.64. The van der Waals surface area contributed by atoms with Gasteiger partial charge in [-0.25, -0.2) is 0 Å². The molecule has 1 aromatic heterocycles. The summed E-state index contributed by atoms with van der Waals surface area (Å²) in [5.41, 5.74) is 4.13. The molecule has 2 N–H and O–H groups in total. The van der Waals surface area contributed by atoms with E-state index in [0.717, 1.165) is 22.3 Å². The smallest absolute Gasteiger partial charge is 0.332 e. The third kappa shape index (κ3) is 6.06. The second-order valence-electron chi connectivity index (χ2n) is 8.43. The average molecular weight is 476 g/mol. The van der Waals surface area contributed by atoms with Crippen LogP contribution in [-0.2, 0) is 9.31 Å². The third-order valence-corrected chi connectivity index (χ3v) is 6.77. The van der Waals surface area contributed by atoms with Gasteiger partial charge in [-0.3, -0.25) is 0 Å². The fraction of sp³-hybridized carbons (Fsp3) is 0.143. The van der Waals surface area contributed by atoms with Gasteiger partial charge in [0.1, 0.15) is 12.5 Å². The van der Waals surface area contributed by atoms with Crippen LogP contribution in [0.1, 0.15) is 13.8 Å². The summed E-state index contributed by atoms with van der Waals surface area (Å²) < 4.78 is 14.4. The second kappa shape index (κ2) is 11.0. The molecule has 35 heavy (non-hydrogen) atoms. The summed E-state index contributed by atoms with van der Waals surface area (Å²) in [6, 6.07) is 33.0. The molecular formula is C28H26B2N2O2S. The van der Waals surface area contributed by atoms with E-state index >= 15 is 0 Å². The van der Waals surface area contributed by atoms with Crippen LogP contribution in [0.4, 0.5) is 11.4 Å². The Kier molecular flexibility index (Phi) is 7.38. The summed E-state index contributed by atoms with van der Waals surface area (Å²) >= 11 is 1.80. The van der Waals surface area contributed by atoms with E-state index in [-0.39, 0.29) is 12.5 Å². The maximum absolute atomic E-state index is 5.94. The Hall–Kier alpha value is -3.25. The fourth-order valence-corrected chi connectivity index (χ4v) is 4.99. The number of para-hydroxylation sites is 2. The summed E-state index contributed by atoms with van der Waals surface area (Å²) in [6.07, 6.45) is -0.283. The molecule has 2 unspecified atom stereocenters. The van der Waals surface area contributed by atoms with E-state index in [2.05, 4.69) is 47.0 Å². The van der Waals surface area contributed by atoms with Crippen LogP contribution < -0.4 is 21.6 Å². The van der Waals surface area contributed by atoms with Gasteiger partial charge in [0.15, 0.2) is 0 Å². The van der Waals surface area contributed by atoms with Crippen LogP contribution in [-0.4, -0.2) is 27.4 Å². The average Bonchev–Trinajstić information content (AvgIpc) is 3.25. The molecular weight excluding hydrogens is 450 g/mol. The molecule has 4 aromatic carbocycles. The van der Waals surface area contributed by atoms with Crippen molar-refractivity contribution in [2.45, 2.75) is 26.3 Å². The third-order valence-electron chi connectivity index (χ3n) is 5.62. The molecule has 0 amide bonds. The molecule has 0 aliphatic heterocycles. The highest BCUT2D eigenvalue weighted by Gasteiger charge is 2.11. The Labute approximate surface area is 211 Å². The monoisotopic (exact) mass is 476 g/mol. The molecule has 0 spiro atoms. The predicted octanol–water partition coefficient (Wildman–Crippen LogP) is 5.49. The molecule has 7 heteroatoms. The van der Waals surface area contributed by atoms with Gasteiger partial charge >= 0.3 is 15.0 Å². The molecule has 2 radical (unpaired) electrons. The molecule has 5 rings (SSSR count). The maximum Gasteiger partial charge on any atom is 0.332 e. The number of hydrogen-bond donors (Lipinski definition) is 2. The number of rotatable bonds is 10. The van der Waals surface area contributed by atoms with Gasteiger partial charge < -0.3 is 19.9 Å². The number of hydrogen-bond acceptors (Lipinski definition) is 5. The molecule has 0 bridgehead atoms. The SMILES string of the molecule is CC(Nc1ccccc1)O[B]c1ccc2sc3ccc([B]OC(C)Nc4ccccc4)cc3c2c1. The highest BCUT2D eigenvalue weighted by molar-refractivity contribution is 7.25. The highest BCUT2D eigenvalue weighted by Crippen LogP contribution is 2.32. The van der Waals surface area contributed by atoms with E-state index in [9.17, 15) is 0 Å². The minimum Gasteiger partial charge on any atom is -0.416 e. The molecule has 1 heterocycles. The number of anilines is 2. The molecule has 4 nitrogen and oxygen atoms in total. The topological polar surface area (TPSA) is 42.5 Å². The summed E-state index contributed by atoms with van der Waals surface area (Å²) in [5, 5.41) is 9.13. The molecule has 0 aliphatic rings. The van der Waals surface area contributed by atoms with E-state index < -0.39 is 0 Å². The molecule has 5 aromatic rings. The van der Waals surface area contributed by atoms with Gasteiger partial charge in [-0.2, -0.15) is 0 Å². The number of fused-ring (bicyclic) bond motifs is 3. The summed E-state index contributed by atoms with van der Waals surface area (Å²) in [4.78, 5) is 0. The van der Waals surface area contributed by atoms with Crippen molar-refractivity contribution >= 4 is 68.8 Å². The lowest BCUT2D eigenvalue weighted by Gasteiger charge is -2.16. The van der Waals surface area contributed by atoms with Crippen LogP contribution in [0.25, 0.3) is 20.2 Å². The zero-order valence-electron chi connectivity index (χ0n) is 19.8. The first-order valence-corrected chi connectivity index (χ1v) is 12.5. The zero-order valence-corrected chi connectivity index (χ0v) is 20.6. The summed E-state index contributed by atoms with van der Waals surface area (Å²) in [6.45, 7) is 4.00. The Morgan fingerprint density at radius 2 is 1.03 bits per heavy atom. The van der Waals surface area contributed by atoms with Crippen LogP contribution in [0.5, 0.6) is 0 Å². The lowest BCUT2D eigenvalue weighted by molar-refractivity contribution is 0.269. The van der Waals surface area contributed by atoms with Crippen LogP contribution in [0.3, 0.4) is 0 Å². The van der Waals surface area contributed by atoms with E-state index in [1.807, 2.05) is 89.5 Å². The minimum absolute atomic E-state index is 0.142. The fourth-order valence-electron chi connectivity index (χ4n) is 3.93. The summed E-state index contributed by atoms with van der Waals surface area (Å²) in [5.74, 6) is 0. The normalized spacial score (nSPS) is 12.9. The molecule has 0 saturated carbocycles. The van der Waals surface area contributed by atoms with Gasteiger partial charge in [0.05, 0.1) is 0 Å². The number of benzene rings is 4. The second-order valence-corrected chi connectivity index (χ2v) is 9.51. The standard InChI is InChI=1S/C28H26B2N2O2S/c1-19(31-23-9-5-3-6-10-23)33-29-21-13-15-27-25(17-21)26-18-22(14-16-28(26)35-27)30-34-20(2)32-24-11-7-4-8-12-24/h3-20,31-32H,1-2H3. The van der Waals surface area contributed by atoms with Crippen molar-refractivity contribution in [2.75, 3.05) is 10.6 Å². The Morgan fingerprint density at radius 3 is 1.46 bits per heavy atom. The lowest BCUT2D eigenvalue weighted by atomic mass is 9.85. The Morgan fingerprint density at radius 1 is 0.600 bits per heavy atom. The maximum atomic E-state index is 5.94. The molecule has 0 fully saturated rings. The number of nitrogens with one attached hydrogen (secondary N) is 2. The van der Waals surface area contributed by atoms with Gasteiger partial charge in [-0.1, -0.05) is 71.6 Å². The van der Waals surface area contributed by atoms with Gasteiger partial charge in [-0.05, 0) is 61.0 Å². The van der Waals surface area contributed by atoms with Gasteiger partial charge in [0.2, 0.25) is 0 Å². The van der Waals surface area contributed by atoms with Crippen LogP contribution in [0.2, 0.25) is 0 Å². The van der Waals surface area contributed by atoms with E-state index in [0.29, 0.717) is 0 Å². The lowest BCUT2D eigenvalue weighted by Crippen LogP contribution is -2.27. The van der Waals surface area contributed by atoms with Gasteiger partial charge in [0.25, 0.3) is 0 Å². The van der Waals surface area contributed by atoms with Crippen LogP contribution in [0.15, 0.2) is 97.1 Å². The molecule has 0 aliphatic carbocycles. The van der Waals surface area contributed by atoms with Crippen LogP contribution in [0, 0.1) is 0 Å². The molecule has 0 saturated heterocycles. The quantitative estimate of drug-likeness (QED) is 0.207. The van der Waals surface area contributed by atoms with Crippen molar-refractivity contribution in [3.8, 4) is 0 Å². The number of thiophene rings is 1. The van der Waals surface area contributed by atoms with Crippen molar-refractivity contribution in [3.63, 3.8) is 0 Å². The Balaban J connectivity index is 1.25. The van der Waals surface area contributed by atoms with Crippen LogP contribution >= 0.6 is 11.3 Å². The van der Waals surface area contributed by atoms with Crippen molar-refractivity contribution in [2.24, 2.45) is 0 Å². The zero-order chi connectivity index (χ0) is 24.0. The predicted molar refractivity (Wildman–Crippen MR) is 151 cm³/mol. The van der Waals surface area contributed by atoms with Gasteiger partial charge in [0, 0.05) is 20.8 Å². The van der Waals surface area contributed by atoms with Crippen molar-refractivity contribution < 1.29 is 9.31 Å². The first kappa shape index (κ1) is 23.5. The van der Waals surface area contributed by atoms with Crippen molar-refractivity contribution in [3.05, 3.63) is 97.1 Å². The van der Waals surface area contributed by atoms with Crippen molar-refractivity contribution in [1.82, 2.24) is 0 Å². The van der Waals surface area contributed by atoms with Gasteiger partial charge in [-0.15, -0.1) is 11.3 Å². The Bertz CT molecular complexity index is 1290. The first-order chi connectivity index (χ1) is 17.1. The van der Waals surface area contributed by atoms with E-state index in [4.69, 9.17) is 9.31 Å². The molecule has 172 valence electrons. The van der Waals surface area contributed by atoms with Crippen molar-refractivity contribution in [1.29, 1.82) is 0 Å².